The zero-order valence-electron chi connectivity index (χ0n) is 12.1. The van der Waals surface area contributed by atoms with Crippen molar-refractivity contribution >= 4 is 17.5 Å². The lowest BCUT2D eigenvalue weighted by Gasteiger charge is -2.33. The van der Waals surface area contributed by atoms with Crippen LogP contribution in [-0.2, 0) is 4.79 Å². The fraction of sp³-hybridized carbons (Fsp3) is 0.533. The van der Waals surface area contributed by atoms with E-state index in [2.05, 4.69) is 10.2 Å². The highest BCUT2D eigenvalue weighted by Gasteiger charge is 2.22. The van der Waals surface area contributed by atoms with Crippen LogP contribution in [0.2, 0.25) is 5.02 Å². The summed E-state index contributed by atoms with van der Waals surface area (Å²) in [5.74, 6) is 0.490. The first-order valence-corrected chi connectivity index (χ1v) is 7.64. The highest BCUT2D eigenvalue weighted by Crippen LogP contribution is 2.16. The molecule has 0 radical (unpaired) electrons. The number of hydrogen-bond acceptors (Lipinski definition) is 4. The van der Waals surface area contributed by atoms with E-state index < -0.39 is 0 Å². The van der Waals surface area contributed by atoms with Crippen molar-refractivity contribution in [3.8, 4) is 5.75 Å². The van der Waals surface area contributed by atoms with Crippen molar-refractivity contribution in [2.45, 2.75) is 18.9 Å². The highest BCUT2D eigenvalue weighted by molar-refractivity contribution is 6.30. The molecule has 1 aliphatic heterocycles. The molecule has 0 atom stereocenters. The number of halogens is 1. The minimum absolute atomic E-state index is 0.286. The second-order valence-electron chi connectivity index (χ2n) is 5.22. The monoisotopic (exact) mass is 311 g/mol. The van der Waals surface area contributed by atoms with Gasteiger partial charge in [0, 0.05) is 17.6 Å². The Morgan fingerprint density at radius 3 is 2.62 bits per heavy atom. The van der Waals surface area contributed by atoms with E-state index in [0.29, 0.717) is 24.2 Å². The van der Waals surface area contributed by atoms with Crippen LogP contribution >= 0.6 is 11.6 Å². The fourth-order valence-corrected chi connectivity index (χ4v) is 2.70. The number of nitrogens with one attached hydrogen (secondary N) is 1. The second kappa shape index (κ2) is 8.22. The van der Waals surface area contributed by atoms with Gasteiger partial charge in [0.2, 0.25) is 5.91 Å². The van der Waals surface area contributed by atoms with Gasteiger partial charge in [-0.25, -0.2) is 0 Å². The molecule has 0 spiro atoms. The summed E-state index contributed by atoms with van der Waals surface area (Å²) >= 11 is 5.83. The number of amides is 1. The summed E-state index contributed by atoms with van der Waals surface area (Å²) in [5, 5.41) is 4.01. The molecule has 1 aliphatic rings. The molecule has 1 amide bonds. The van der Waals surface area contributed by atoms with E-state index in [1.54, 1.807) is 12.1 Å². The molecule has 1 heterocycles. The van der Waals surface area contributed by atoms with Crippen molar-refractivity contribution in [3.05, 3.63) is 29.3 Å². The van der Waals surface area contributed by atoms with Crippen molar-refractivity contribution in [3.63, 3.8) is 0 Å². The first kappa shape index (κ1) is 16.1. The van der Waals surface area contributed by atoms with Gasteiger partial charge in [0.1, 0.15) is 12.4 Å². The van der Waals surface area contributed by atoms with Crippen molar-refractivity contribution in [2.24, 2.45) is 5.73 Å². The summed E-state index contributed by atoms with van der Waals surface area (Å²) in [6.07, 6.45) is 2.07. The van der Waals surface area contributed by atoms with Crippen molar-refractivity contribution in [1.82, 2.24) is 10.2 Å². The number of nitrogens with zero attached hydrogens (tertiary/aromatic N) is 1. The van der Waals surface area contributed by atoms with Gasteiger partial charge in [-0.2, -0.15) is 0 Å². The molecule has 0 aliphatic carbocycles. The minimum Gasteiger partial charge on any atom is -0.492 e. The molecule has 2 rings (SSSR count). The molecule has 5 nitrogen and oxygen atoms in total. The third-order valence-corrected chi connectivity index (χ3v) is 3.90. The van der Waals surface area contributed by atoms with Crippen LogP contribution in [0.3, 0.4) is 0 Å². The van der Waals surface area contributed by atoms with Crippen LogP contribution in [-0.4, -0.2) is 49.6 Å². The number of piperidine rings is 1. The van der Waals surface area contributed by atoms with Crippen LogP contribution in [0, 0.1) is 0 Å². The third kappa shape index (κ3) is 5.53. The number of ether oxygens (including phenoxy) is 1. The summed E-state index contributed by atoms with van der Waals surface area (Å²) in [6, 6.07) is 7.67. The summed E-state index contributed by atoms with van der Waals surface area (Å²) in [4.78, 5) is 13.4. The summed E-state index contributed by atoms with van der Waals surface area (Å²) < 4.78 is 5.70. The average molecular weight is 312 g/mol. The molecule has 116 valence electrons. The molecule has 0 saturated carbocycles. The van der Waals surface area contributed by atoms with Crippen molar-refractivity contribution in [1.29, 1.82) is 0 Å². The van der Waals surface area contributed by atoms with Gasteiger partial charge < -0.3 is 15.8 Å². The van der Waals surface area contributed by atoms with Gasteiger partial charge in [0.15, 0.2) is 0 Å². The van der Waals surface area contributed by atoms with E-state index in [0.717, 1.165) is 31.7 Å². The number of hydrogen-bond donors (Lipinski definition) is 2. The lowest BCUT2D eigenvalue weighted by atomic mass is 10.0. The Labute approximate surface area is 130 Å². The number of benzene rings is 1. The van der Waals surface area contributed by atoms with Gasteiger partial charge in [0.25, 0.3) is 0 Å². The van der Waals surface area contributed by atoms with E-state index in [1.165, 1.54) is 0 Å². The summed E-state index contributed by atoms with van der Waals surface area (Å²) in [7, 11) is 0. The van der Waals surface area contributed by atoms with Gasteiger partial charge in [-0.1, -0.05) is 11.6 Å². The Bertz CT molecular complexity index is 447. The van der Waals surface area contributed by atoms with Gasteiger partial charge in [-0.3, -0.25) is 9.69 Å². The molecule has 1 fully saturated rings. The van der Waals surface area contributed by atoms with E-state index >= 15 is 0 Å². The molecular weight excluding hydrogens is 290 g/mol. The normalized spacial score (nSPS) is 16.1. The lowest BCUT2D eigenvalue weighted by Crippen LogP contribution is -2.47. The Morgan fingerprint density at radius 2 is 2.00 bits per heavy atom. The number of carbonyl (C=O) groups excluding carboxylic acids is 1. The smallest absolute Gasteiger partial charge is 0.231 e. The maximum Gasteiger partial charge on any atom is 0.231 e. The second-order valence-corrected chi connectivity index (χ2v) is 5.66. The van der Waals surface area contributed by atoms with Crippen LogP contribution in [0.5, 0.6) is 5.75 Å². The van der Waals surface area contributed by atoms with E-state index in [9.17, 15) is 4.79 Å². The van der Waals surface area contributed by atoms with Crippen LogP contribution in [0.25, 0.3) is 0 Å². The Kier molecular flexibility index (Phi) is 6.29. The van der Waals surface area contributed by atoms with Crippen molar-refractivity contribution in [2.75, 3.05) is 32.8 Å². The predicted molar refractivity (Wildman–Crippen MR) is 83.6 cm³/mol. The Hall–Kier alpha value is -1.30. The molecule has 1 aromatic carbocycles. The molecule has 1 saturated heterocycles. The van der Waals surface area contributed by atoms with Gasteiger partial charge >= 0.3 is 0 Å². The number of primary amides is 1. The topological polar surface area (TPSA) is 67.6 Å². The van der Waals surface area contributed by atoms with Crippen molar-refractivity contribution < 1.29 is 9.53 Å². The number of carbonyl (C=O) groups is 1. The zero-order valence-corrected chi connectivity index (χ0v) is 12.8. The first-order chi connectivity index (χ1) is 10.1. The summed E-state index contributed by atoms with van der Waals surface area (Å²) in [5.41, 5.74) is 5.35. The molecule has 0 unspecified atom stereocenters. The third-order valence-electron chi connectivity index (χ3n) is 3.64. The number of rotatable bonds is 7. The van der Waals surface area contributed by atoms with Gasteiger partial charge in [-0.05, 0) is 50.2 Å². The highest BCUT2D eigenvalue weighted by atomic mass is 35.5. The van der Waals surface area contributed by atoms with Crippen LogP contribution in [0.4, 0.5) is 0 Å². The standard InChI is InChI=1S/C15H22ClN3O2/c16-12-1-3-14(4-2-12)21-10-9-19(11-15(17)20)13-5-7-18-8-6-13/h1-4,13,18H,5-11H2,(H2,17,20). The molecule has 1 aromatic rings. The Morgan fingerprint density at radius 1 is 1.33 bits per heavy atom. The SMILES string of the molecule is NC(=O)CN(CCOc1ccc(Cl)cc1)C1CCNCC1. The molecule has 3 N–H and O–H groups in total. The van der Waals surface area contributed by atoms with E-state index in [4.69, 9.17) is 22.1 Å². The molecule has 0 bridgehead atoms. The average Bonchev–Trinajstić information content (AvgIpc) is 2.49. The predicted octanol–water partition coefficient (Wildman–Crippen LogP) is 1.26. The maximum absolute atomic E-state index is 11.2. The fourth-order valence-electron chi connectivity index (χ4n) is 2.57. The molecule has 21 heavy (non-hydrogen) atoms. The quantitative estimate of drug-likeness (QED) is 0.795. The van der Waals surface area contributed by atoms with Gasteiger partial charge in [-0.15, -0.1) is 0 Å². The largest absolute Gasteiger partial charge is 0.492 e. The molecular formula is C15H22ClN3O2. The number of nitrogens with two attached hydrogens (primary N) is 1. The van der Waals surface area contributed by atoms with Gasteiger partial charge in [0.05, 0.1) is 6.54 Å². The zero-order chi connectivity index (χ0) is 15.1. The van der Waals surface area contributed by atoms with Crippen LogP contribution in [0.1, 0.15) is 12.8 Å². The van der Waals surface area contributed by atoms with Crippen LogP contribution in [0.15, 0.2) is 24.3 Å². The molecule has 6 heteroatoms. The van der Waals surface area contributed by atoms with E-state index in [-0.39, 0.29) is 12.5 Å². The lowest BCUT2D eigenvalue weighted by molar-refractivity contribution is -0.119. The molecule has 0 aromatic heterocycles. The summed E-state index contributed by atoms with van der Waals surface area (Å²) in [6.45, 7) is 3.47. The Balaban J connectivity index is 1.83. The van der Waals surface area contributed by atoms with E-state index in [1.807, 2.05) is 12.1 Å². The van der Waals surface area contributed by atoms with Crippen LogP contribution < -0.4 is 15.8 Å². The maximum atomic E-state index is 11.2. The first-order valence-electron chi connectivity index (χ1n) is 7.26. The minimum atomic E-state index is -0.292.